The van der Waals surface area contributed by atoms with Crippen molar-refractivity contribution >= 4 is 15.9 Å². The van der Waals surface area contributed by atoms with Gasteiger partial charge in [-0.2, -0.15) is 0 Å². The zero-order chi connectivity index (χ0) is 16.2. The van der Waals surface area contributed by atoms with E-state index in [0.717, 1.165) is 5.69 Å². The van der Waals surface area contributed by atoms with Crippen LogP contribution in [-0.4, -0.2) is 53.5 Å². The molecule has 1 aliphatic rings. The Morgan fingerprint density at radius 2 is 2.00 bits per heavy atom. The molecule has 122 valence electrons. The number of aromatic nitrogens is 2. The zero-order valence-corrected chi connectivity index (χ0v) is 13.8. The highest BCUT2D eigenvalue weighted by molar-refractivity contribution is 7.89. The van der Waals surface area contributed by atoms with Gasteiger partial charge in [0.1, 0.15) is 5.69 Å². The molecule has 8 heteroatoms. The highest BCUT2D eigenvalue weighted by Crippen LogP contribution is 2.15. The molecule has 7 nitrogen and oxygen atoms in total. The molecule has 0 bridgehead atoms. The number of amides is 1. The number of carbonyl (C=O) groups is 1. The number of sulfonamides is 1. The minimum absolute atomic E-state index is 0.0244. The number of aryl methyl sites for hydroxylation is 1. The van der Waals surface area contributed by atoms with Crippen LogP contribution < -0.4 is 5.32 Å². The number of piperidine rings is 1. The lowest BCUT2D eigenvalue weighted by Crippen LogP contribution is -2.47. The van der Waals surface area contributed by atoms with E-state index >= 15 is 0 Å². The number of carbonyl (C=O) groups excluding carboxylic acids is 1. The van der Waals surface area contributed by atoms with Crippen molar-refractivity contribution in [3.05, 3.63) is 23.8 Å². The van der Waals surface area contributed by atoms with Gasteiger partial charge in [0.05, 0.1) is 17.6 Å². The fourth-order valence-electron chi connectivity index (χ4n) is 2.43. The van der Waals surface area contributed by atoms with Crippen LogP contribution in [0.1, 0.15) is 42.4 Å². The van der Waals surface area contributed by atoms with Gasteiger partial charge in [-0.15, -0.1) is 0 Å². The first-order chi connectivity index (χ1) is 10.4. The summed E-state index contributed by atoms with van der Waals surface area (Å²) in [6.07, 6.45) is 4.85. The summed E-state index contributed by atoms with van der Waals surface area (Å²) < 4.78 is 25.5. The molecule has 1 fully saturated rings. The van der Waals surface area contributed by atoms with E-state index in [1.165, 1.54) is 10.5 Å². The molecule has 0 saturated carbocycles. The summed E-state index contributed by atoms with van der Waals surface area (Å²) in [7, 11) is -3.14. The third-order valence-corrected chi connectivity index (χ3v) is 5.73. The molecule has 2 rings (SSSR count). The van der Waals surface area contributed by atoms with Crippen molar-refractivity contribution < 1.29 is 13.2 Å². The molecule has 1 saturated heterocycles. The summed E-state index contributed by atoms with van der Waals surface area (Å²) in [5.41, 5.74) is 1.04. The average Bonchev–Trinajstić information content (AvgIpc) is 2.48. The lowest BCUT2D eigenvalue weighted by Gasteiger charge is -2.31. The van der Waals surface area contributed by atoms with Crippen LogP contribution in [0.5, 0.6) is 0 Å². The van der Waals surface area contributed by atoms with E-state index < -0.39 is 10.0 Å². The fraction of sp³-hybridized carbons (Fsp3) is 0.643. The van der Waals surface area contributed by atoms with E-state index in [2.05, 4.69) is 15.3 Å². The largest absolute Gasteiger partial charge is 0.348 e. The number of nitrogens with zero attached hydrogens (tertiary/aromatic N) is 3. The molecule has 1 amide bonds. The van der Waals surface area contributed by atoms with Crippen LogP contribution in [0, 0.1) is 6.92 Å². The van der Waals surface area contributed by atoms with Gasteiger partial charge in [-0.25, -0.2) is 17.7 Å². The van der Waals surface area contributed by atoms with Crippen molar-refractivity contribution in [2.45, 2.75) is 39.2 Å². The van der Waals surface area contributed by atoms with Gasteiger partial charge in [0, 0.05) is 25.3 Å². The lowest BCUT2D eigenvalue weighted by molar-refractivity contribution is 0.0918. The monoisotopic (exact) mass is 326 g/mol. The Bertz CT molecular complexity index is 607. The summed E-state index contributed by atoms with van der Waals surface area (Å²) >= 11 is 0. The van der Waals surface area contributed by atoms with Gasteiger partial charge in [0.2, 0.25) is 10.0 Å². The van der Waals surface area contributed by atoms with Gasteiger partial charge < -0.3 is 5.32 Å². The van der Waals surface area contributed by atoms with Crippen molar-refractivity contribution in [3.8, 4) is 0 Å². The predicted octanol–water partition coefficient (Wildman–Crippen LogP) is 0.719. The maximum absolute atomic E-state index is 12.1. The predicted molar refractivity (Wildman–Crippen MR) is 82.9 cm³/mol. The number of rotatable bonds is 5. The van der Waals surface area contributed by atoms with E-state index in [1.54, 1.807) is 13.1 Å². The van der Waals surface area contributed by atoms with Gasteiger partial charge in [0.15, 0.2) is 0 Å². The molecule has 0 aliphatic carbocycles. The Kier molecular flexibility index (Phi) is 5.47. The van der Waals surface area contributed by atoms with Crippen molar-refractivity contribution in [1.29, 1.82) is 0 Å². The quantitative estimate of drug-likeness (QED) is 0.860. The molecule has 0 radical (unpaired) electrons. The Morgan fingerprint density at radius 3 is 2.55 bits per heavy atom. The SMILES string of the molecule is CCCS(=O)(=O)N1CCC(NC(=O)c2cnc(C)cn2)CC1. The lowest BCUT2D eigenvalue weighted by atomic mass is 10.1. The topological polar surface area (TPSA) is 92.3 Å². The number of hydrogen-bond donors (Lipinski definition) is 1. The van der Waals surface area contributed by atoms with Crippen molar-refractivity contribution in [2.24, 2.45) is 0 Å². The van der Waals surface area contributed by atoms with Gasteiger partial charge in [-0.1, -0.05) is 6.92 Å². The second kappa shape index (κ2) is 7.15. The highest BCUT2D eigenvalue weighted by Gasteiger charge is 2.28. The van der Waals surface area contributed by atoms with E-state index in [9.17, 15) is 13.2 Å². The normalized spacial score (nSPS) is 17.4. The van der Waals surface area contributed by atoms with Gasteiger partial charge in [-0.3, -0.25) is 9.78 Å². The second-order valence-electron chi connectivity index (χ2n) is 5.51. The molecule has 0 unspecified atom stereocenters. The minimum Gasteiger partial charge on any atom is -0.348 e. The Morgan fingerprint density at radius 1 is 1.32 bits per heavy atom. The summed E-state index contributed by atoms with van der Waals surface area (Å²) in [4.78, 5) is 20.1. The van der Waals surface area contributed by atoms with Crippen molar-refractivity contribution in [1.82, 2.24) is 19.6 Å². The molecular formula is C14H22N4O3S. The Labute approximate surface area is 131 Å². The third-order valence-electron chi connectivity index (χ3n) is 3.66. The van der Waals surface area contributed by atoms with E-state index in [1.807, 2.05) is 6.92 Å². The highest BCUT2D eigenvalue weighted by atomic mass is 32.2. The maximum Gasteiger partial charge on any atom is 0.271 e. The first kappa shape index (κ1) is 16.8. The molecule has 1 aromatic heterocycles. The molecule has 1 aliphatic heterocycles. The van der Waals surface area contributed by atoms with E-state index in [-0.39, 0.29) is 23.4 Å². The van der Waals surface area contributed by atoms with E-state index in [4.69, 9.17) is 0 Å². The van der Waals surface area contributed by atoms with E-state index in [0.29, 0.717) is 32.4 Å². The molecular weight excluding hydrogens is 304 g/mol. The molecule has 22 heavy (non-hydrogen) atoms. The maximum atomic E-state index is 12.1. The second-order valence-corrected chi connectivity index (χ2v) is 7.59. The van der Waals surface area contributed by atoms with Gasteiger partial charge >= 0.3 is 0 Å². The molecule has 0 spiro atoms. The van der Waals surface area contributed by atoms with Gasteiger partial charge in [-0.05, 0) is 26.2 Å². The summed E-state index contributed by atoms with van der Waals surface area (Å²) in [6, 6.07) is -0.0244. The molecule has 2 heterocycles. The van der Waals surface area contributed by atoms with Crippen LogP contribution in [0.15, 0.2) is 12.4 Å². The molecule has 0 aromatic carbocycles. The summed E-state index contributed by atoms with van der Waals surface area (Å²) in [5, 5.41) is 2.90. The molecule has 1 N–H and O–H groups in total. The standard InChI is InChI=1S/C14H22N4O3S/c1-3-8-22(20,21)18-6-4-12(5-7-18)17-14(19)13-10-15-11(2)9-16-13/h9-10,12H,3-8H2,1-2H3,(H,17,19). The first-order valence-electron chi connectivity index (χ1n) is 7.49. The van der Waals surface area contributed by atoms with Crippen LogP contribution in [-0.2, 0) is 10.0 Å². The zero-order valence-electron chi connectivity index (χ0n) is 12.9. The first-order valence-corrected chi connectivity index (χ1v) is 9.10. The van der Waals surface area contributed by atoms with Crippen LogP contribution in [0.4, 0.5) is 0 Å². The molecule has 0 atom stereocenters. The average molecular weight is 326 g/mol. The Hall–Kier alpha value is -1.54. The summed E-state index contributed by atoms with van der Waals surface area (Å²) in [6.45, 7) is 4.56. The smallest absolute Gasteiger partial charge is 0.271 e. The number of nitrogens with one attached hydrogen (secondary N) is 1. The fourth-order valence-corrected chi connectivity index (χ4v) is 3.98. The number of hydrogen-bond acceptors (Lipinski definition) is 5. The van der Waals surface area contributed by atoms with Crippen LogP contribution in [0.25, 0.3) is 0 Å². The third kappa shape index (κ3) is 4.23. The van der Waals surface area contributed by atoms with Crippen LogP contribution in [0.3, 0.4) is 0 Å². The summed E-state index contributed by atoms with van der Waals surface area (Å²) in [5.74, 6) is -0.0782. The van der Waals surface area contributed by atoms with Crippen LogP contribution in [0.2, 0.25) is 0 Å². The van der Waals surface area contributed by atoms with Crippen molar-refractivity contribution in [3.63, 3.8) is 0 Å². The van der Waals surface area contributed by atoms with Crippen molar-refractivity contribution in [2.75, 3.05) is 18.8 Å². The minimum atomic E-state index is -3.14. The van der Waals surface area contributed by atoms with Gasteiger partial charge in [0.25, 0.3) is 5.91 Å². The molecule has 1 aromatic rings. The Balaban J connectivity index is 1.87. The van der Waals surface area contributed by atoms with Crippen LogP contribution >= 0.6 is 0 Å².